The van der Waals surface area contributed by atoms with Gasteiger partial charge in [-0.1, -0.05) is 42.5 Å². The highest BCUT2D eigenvalue weighted by Crippen LogP contribution is 2.25. The molecule has 0 saturated carbocycles. The molecule has 0 aromatic heterocycles. The monoisotopic (exact) mass is 363 g/mol. The minimum absolute atomic E-state index is 0.104. The molecule has 3 N–H and O–H groups in total. The number of hydrogen-bond donors (Lipinski definition) is 3. The summed E-state index contributed by atoms with van der Waals surface area (Å²) in [6, 6.07) is 17.9. The topological polar surface area (TPSA) is 83.0 Å². The van der Waals surface area contributed by atoms with Gasteiger partial charge < -0.3 is 15.2 Å². The molecule has 1 atom stereocenters. The predicted molar refractivity (Wildman–Crippen MR) is 107 cm³/mol. The molecule has 6 heteroatoms. The summed E-state index contributed by atoms with van der Waals surface area (Å²) in [5.74, 6) is 0.449. The van der Waals surface area contributed by atoms with Gasteiger partial charge >= 0.3 is 0 Å². The molecule has 0 heterocycles. The Balaban J connectivity index is 1.69. The summed E-state index contributed by atoms with van der Waals surface area (Å²) in [5, 5.41) is 19.0. The average molecular weight is 363 g/mol. The number of nitrogens with zero attached hydrogens (tertiary/aromatic N) is 1. The number of aromatic hydroxyl groups is 1. The summed E-state index contributed by atoms with van der Waals surface area (Å²) >= 11 is 0. The molecule has 138 valence electrons. The number of rotatable bonds is 6. The second kappa shape index (κ2) is 8.23. The van der Waals surface area contributed by atoms with Crippen LogP contribution in [0.5, 0.6) is 11.5 Å². The highest BCUT2D eigenvalue weighted by atomic mass is 16.5. The first-order valence-electron chi connectivity index (χ1n) is 8.53. The molecular weight excluding hydrogens is 342 g/mol. The van der Waals surface area contributed by atoms with Gasteiger partial charge in [0.1, 0.15) is 17.5 Å². The zero-order valence-corrected chi connectivity index (χ0v) is 15.1. The number of amides is 1. The number of hydrazone groups is 1. The molecule has 0 radical (unpaired) electrons. The van der Waals surface area contributed by atoms with E-state index in [0.29, 0.717) is 11.3 Å². The minimum Gasteiger partial charge on any atom is -0.507 e. The van der Waals surface area contributed by atoms with E-state index in [1.165, 1.54) is 6.21 Å². The number of nitrogens with one attached hydrogen (secondary N) is 2. The zero-order valence-electron chi connectivity index (χ0n) is 15.1. The Labute approximate surface area is 157 Å². The van der Waals surface area contributed by atoms with Crippen LogP contribution in [0.4, 0.5) is 5.69 Å². The van der Waals surface area contributed by atoms with Crippen LogP contribution in [0.25, 0.3) is 10.8 Å². The molecule has 0 bridgehead atoms. The summed E-state index contributed by atoms with van der Waals surface area (Å²) in [6.45, 7) is 1.73. The van der Waals surface area contributed by atoms with Crippen molar-refractivity contribution in [3.8, 4) is 11.5 Å². The lowest BCUT2D eigenvalue weighted by Gasteiger charge is -2.15. The normalized spacial score (nSPS) is 12.1. The molecule has 0 fully saturated rings. The Morgan fingerprint density at radius 3 is 2.67 bits per heavy atom. The van der Waals surface area contributed by atoms with Crippen LogP contribution < -0.4 is 15.5 Å². The average Bonchev–Trinajstić information content (AvgIpc) is 2.69. The summed E-state index contributed by atoms with van der Waals surface area (Å²) in [6.07, 6.45) is 1.45. The number of fused-ring (bicyclic) bond motifs is 1. The molecule has 0 saturated heterocycles. The zero-order chi connectivity index (χ0) is 19.2. The highest BCUT2D eigenvalue weighted by Gasteiger charge is 2.14. The molecule has 3 aromatic carbocycles. The third kappa shape index (κ3) is 4.17. The molecule has 1 amide bonds. The van der Waals surface area contributed by atoms with Crippen LogP contribution in [-0.4, -0.2) is 30.4 Å². The first kappa shape index (κ1) is 18.3. The number of benzene rings is 3. The van der Waals surface area contributed by atoms with Crippen molar-refractivity contribution >= 4 is 28.6 Å². The Bertz CT molecular complexity index is 985. The van der Waals surface area contributed by atoms with Crippen molar-refractivity contribution in [2.45, 2.75) is 13.0 Å². The number of hydrogen-bond acceptors (Lipinski definition) is 5. The maximum atomic E-state index is 12.3. The van der Waals surface area contributed by atoms with E-state index in [1.54, 1.807) is 20.1 Å². The van der Waals surface area contributed by atoms with E-state index in [1.807, 2.05) is 54.6 Å². The van der Waals surface area contributed by atoms with Crippen LogP contribution >= 0.6 is 0 Å². The third-order valence-corrected chi connectivity index (χ3v) is 4.19. The van der Waals surface area contributed by atoms with Gasteiger partial charge in [0.05, 0.1) is 19.0 Å². The highest BCUT2D eigenvalue weighted by molar-refractivity contribution is 6.02. The van der Waals surface area contributed by atoms with Gasteiger partial charge in [-0.25, -0.2) is 5.43 Å². The lowest BCUT2D eigenvalue weighted by Crippen LogP contribution is -2.35. The molecule has 6 nitrogen and oxygen atoms in total. The van der Waals surface area contributed by atoms with Crippen molar-refractivity contribution in [3.05, 3.63) is 66.2 Å². The molecule has 0 spiro atoms. The van der Waals surface area contributed by atoms with E-state index in [4.69, 9.17) is 4.74 Å². The molecule has 3 aromatic rings. The smallest absolute Gasteiger partial charge is 0.262 e. The largest absolute Gasteiger partial charge is 0.507 e. The van der Waals surface area contributed by atoms with Crippen LogP contribution in [0.2, 0.25) is 0 Å². The maximum Gasteiger partial charge on any atom is 0.262 e. The Hall–Kier alpha value is -3.54. The third-order valence-electron chi connectivity index (χ3n) is 4.19. The lowest BCUT2D eigenvalue weighted by molar-refractivity contribution is -0.121. The fraction of sp³-hybridized carbons (Fsp3) is 0.143. The van der Waals surface area contributed by atoms with E-state index in [-0.39, 0.29) is 11.7 Å². The summed E-state index contributed by atoms with van der Waals surface area (Å²) in [7, 11) is 1.58. The van der Waals surface area contributed by atoms with Gasteiger partial charge in [-0.2, -0.15) is 5.10 Å². The standard InChI is InChI=1S/C21H21N3O3/c1-14(23-18-9-5-6-10-20(18)27-2)21(26)24-22-13-17-16-8-4-3-7-15(16)11-12-19(17)25/h3-14,23,25H,1-2H3,(H,24,26)/b22-13+. The number of para-hydroxylation sites is 2. The first-order valence-corrected chi connectivity index (χ1v) is 8.53. The Morgan fingerprint density at radius 1 is 1.11 bits per heavy atom. The molecule has 0 aliphatic rings. The number of carbonyl (C=O) groups is 1. The maximum absolute atomic E-state index is 12.3. The second-order valence-corrected chi connectivity index (χ2v) is 6.02. The number of methoxy groups -OCH3 is 1. The summed E-state index contributed by atoms with van der Waals surface area (Å²) in [4.78, 5) is 12.3. The van der Waals surface area contributed by atoms with Gasteiger partial charge in [0, 0.05) is 5.56 Å². The van der Waals surface area contributed by atoms with Gasteiger partial charge in [-0.3, -0.25) is 4.79 Å². The van der Waals surface area contributed by atoms with Gasteiger partial charge in [0.15, 0.2) is 0 Å². The number of anilines is 1. The van der Waals surface area contributed by atoms with Gasteiger partial charge in [-0.15, -0.1) is 0 Å². The number of phenolic OH excluding ortho intramolecular Hbond substituents is 1. The van der Waals surface area contributed by atoms with Gasteiger partial charge in [0.25, 0.3) is 5.91 Å². The van der Waals surface area contributed by atoms with Crippen molar-refractivity contribution in [1.29, 1.82) is 0 Å². The first-order chi connectivity index (χ1) is 13.1. The van der Waals surface area contributed by atoms with Crippen molar-refractivity contribution in [1.82, 2.24) is 5.43 Å². The van der Waals surface area contributed by atoms with E-state index in [2.05, 4.69) is 15.8 Å². The molecular formula is C21H21N3O3. The minimum atomic E-state index is -0.528. The van der Waals surface area contributed by atoms with Crippen molar-refractivity contribution < 1.29 is 14.6 Å². The molecule has 3 rings (SSSR count). The number of ether oxygens (including phenoxy) is 1. The molecule has 0 aliphatic carbocycles. The van der Waals surface area contributed by atoms with E-state index < -0.39 is 6.04 Å². The van der Waals surface area contributed by atoms with Crippen molar-refractivity contribution in [3.63, 3.8) is 0 Å². The molecule has 0 aliphatic heterocycles. The van der Waals surface area contributed by atoms with Crippen molar-refractivity contribution in [2.24, 2.45) is 5.10 Å². The van der Waals surface area contributed by atoms with Crippen LogP contribution in [-0.2, 0) is 4.79 Å². The van der Waals surface area contributed by atoms with Crippen LogP contribution in [0.3, 0.4) is 0 Å². The van der Waals surface area contributed by atoms with E-state index >= 15 is 0 Å². The van der Waals surface area contributed by atoms with E-state index in [9.17, 15) is 9.90 Å². The van der Waals surface area contributed by atoms with Gasteiger partial charge in [0.2, 0.25) is 0 Å². The summed E-state index contributed by atoms with van der Waals surface area (Å²) in [5.41, 5.74) is 3.77. The Morgan fingerprint density at radius 2 is 1.85 bits per heavy atom. The summed E-state index contributed by atoms with van der Waals surface area (Å²) < 4.78 is 5.27. The fourth-order valence-electron chi connectivity index (χ4n) is 2.74. The molecule has 27 heavy (non-hydrogen) atoms. The lowest BCUT2D eigenvalue weighted by atomic mass is 10.0. The van der Waals surface area contributed by atoms with Crippen LogP contribution in [0.15, 0.2) is 65.8 Å². The Kier molecular flexibility index (Phi) is 5.56. The number of carbonyl (C=O) groups excluding carboxylic acids is 1. The van der Waals surface area contributed by atoms with Crippen LogP contribution in [0, 0.1) is 0 Å². The van der Waals surface area contributed by atoms with Crippen molar-refractivity contribution in [2.75, 3.05) is 12.4 Å². The quantitative estimate of drug-likeness (QED) is 0.462. The second-order valence-electron chi connectivity index (χ2n) is 6.02. The van der Waals surface area contributed by atoms with E-state index in [0.717, 1.165) is 16.5 Å². The van der Waals surface area contributed by atoms with Gasteiger partial charge in [-0.05, 0) is 35.9 Å². The predicted octanol–water partition coefficient (Wildman–Crippen LogP) is 3.50. The molecule has 1 unspecified atom stereocenters. The fourth-order valence-corrected chi connectivity index (χ4v) is 2.74. The SMILES string of the molecule is COc1ccccc1NC(C)C(=O)N/N=C/c1c(O)ccc2ccccc12. The van der Waals surface area contributed by atoms with Crippen LogP contribution in [0.1, 0.15) is 12.5 Å². The number of phenols is 1.